The molecule has 0 bridgehead atoms. The average Bonchev–Trinajstić information content (AvgIpc) is 2.80. The Labute approximate surface area is 186 Å². The molecule has 6 heteroatoms. The third kappa shape index (κ3) is 6.00. The maximum absolute atomic E-state index is 12.9. The van der Waals surface area contributed by atoms with E-state index in [2.05, 4.69) is 15.5 Å². The topological polar surface area (TPSA) is 64.7 Å². The average molecular weight is 427 g/mol. The monoisotopic (exact) mass is 426 g/mol. The molecule has 1 aromatic carbocycles. The highest BCUT2D eigenvalue weighted by molar-refractivity contribution is 5.89. The summed E-state index contributed by atoms with van der Waals surface area (Å²) in [6.07, 6.45) is 10.5. The van der Waals surface area contributed by atoms with Crippen LogP contribution >= 0.6 is 0 Å². The van der Waals surface area contributed by atoms with Crippen LogP contribution in [0.25, 0.3) is 0 Å². The zero-order valence-electron chi connectivity index (χ0n) is 18.9. The van der Waals surface area contributed by atoms with Gasteiger partial charge in [-0.15, -0.1) is 0 Å². The Morgan fingerprint density at radius 1 is 0.935 bits per heavy atom. The first-order chi connectivity index (χ1) is 15.1. The maximum Gasteiger partial charge on any atom is 0.321 e. The van der Waals surface area contributed by atoms with Gasteiger partial charge in [0.2, 0.25) is 5.91 Å². The van der Waals surface area contributed by atoms with Crippen molar-refractivity contribution in [2.24, 2.45) is 5.92 Å². The molecule has 3 fully saturated rings. The summed E-state index contributed by atoms with van der Waals surface area (Å²) in [5.41, 5.74) is 1.95. The number of nitrogens with zero attached hydrogens (tertiary/aromatic N) is 2. The van der Waals surface area contributed by atoms with Crippen LogP contribution in [0, 0.1) is 12.8 Å². The van der Waals surface area contributed by atoms with Gasteiger partial charge in [0, 0.05) is 43.3 Å². The van der Waals surface area contributed by atoms with Crippen molar-refractivity contribution >= 4 is 17.6 Å². The lowest BCUT2D eigenvalue weighted by Crippen LogP contribution is -2.53. The number of hydrogen-bond donors (Lipinski definition) is 2. The highest BCUT2D eigenvalue weighted by atomic mass is 16.2. The van der Waals surface area contributed by atoms with E-state index in [-0.39, 0.29) is 23.9 Å². The highest BCUT2D eigenvalue weighted by Crippen LogP contribution is 2.26. The predicted octanol–water partition coefficient (Wildman–Crippen LogP) is 4.15. The molecule has 3 amide bonds. The van der Waals surface area contributed by atoms with Gasteiger partial charge in [-0.25, -0.2) is 4.79 Å². The third-order valence-corrected chi connectivity index (χ3v) is 7.31. The van der Waals surface area contributed by atoms with Gasteiger partial charge in [0.05, 0.1) is 0 Å². The molecule has 4 rings (SSSR count). The van der Waals surface area contributed by atoms with Crippen LogP contribution in [-0.4, -0.2) is 60.0 Å². The molecule has 2 N–H and O–H groups in total. The zero-order valence-corrected chi connectivity index (χ0v) is 18.9. The van der Waals surface area contributed by atoms with Crippen molar-refractivity contribution in [3.8, 4) is 0 Å². The lowest BCUT2D eigenvalue weighted by Gasteiger charge is -2.40. The Balaban J connectivity index is 1.21. The molecule has 6 nitrogen and oxygen atoms in total. The molecule has 2 aliphatic heterocycles. The fourth-order valence-electron chi connectivity index (χ4n) is 5.49. The first-order valence-electron chi connectivity index (χ1n) is 12.3. The van der Waals surface area contributed by atoms with E-state index >= 15 is 0 Å². The van der Waals surface area contributed by atoms with Crippen LogP contribution in [0.15, 0.2) is 24.3 Å². The second kappa shape index (κ2) is 10.5. The number of anilines is 1. The first-order valence-corrected chi connectivity index (χ1v) is 12.3. The molecule has 31 heavy (non-hydrogen) atoms. The summed E-state index contributed by atoms with van der Waals surface area (Å²) in [6.45, 7) is 5.48. The number of urea groups is 1. The number of likely N-dealkylation sites (tertiary alicyclic amines) is 2. The highest BCUT2D eigenvalue weighted by Gasteiger charge is 2.31. The van der Waals surface area contributed by atoms with Crippen LogP contribution in [0.3, 0.4) is 0 Å². The Morgan fingerprint density at radius 2 is 1.71 bits per heavy atom. The predicted molar refractivity (Wildman–Crippen MR) is 124 cm³/mol. The number of hydrogen-bond acceptors (Lipinski definition) is 3. The van der Waals surface area contributed by atoms with Crippen LogP contribution in [0.5, 0.6) is 0 Å². The van der Waals surface area contributed by atoms with E-state index in [1.165, 1.54) is 45.1 Å². The van der Waals surface area contributed by atoms with Crippen LogP contribution < -0.4 is 10.6 Å². The minimum Gasteiger partial charge on any atom is -0.352 e. The summed E-state index contributed by atoms with van der Waals surface area (Å²) in [6, 6.07) is 8.78. The van der Waals surface area contributed by atoms with E-state index in [4.69, 9.17) is 0 Å². The van der Waals surface area contributed by atoms with E-state index in [9.17, 15) is 9.59 Å². The van der Waals surface area contributed by atoms with Crippen LogP contribution in [0.2, 0.25) is 0 Å². The van der Waals surface area contributed by atoms with Crippen molar-refractivity contribution in [2.45, 2.75) is 76.8 Å². The van der Waals surface area contributed by atoms with E-state index in [0.29, 0.717) is 13.1 Å². The number of aryl methyl sites for hydroxylation is 1. The van der Waals surface area contributed by atoms with E-state index < -0.39 is 0 Å². The van der Waals surface area contributed by atoms with Crippen LogP contribution in [-0.2, 0) is 4.79 Å². The molecule has 1 atom stereocenters. The van der Waals surface area contributed by atoms with Gasteiger partial charge in [0.1, 0.15) is 0 Å². The minimum atomic E-state index is -0.0696. The van der Waals surface area contributed by atoms with E-state index in [0.717, 1.165) is 43.1 Å². The normalized spacial score (nSPS) is 24.0. The van der Waals surface area contributed by atoms with Crippen molar-refractivity contribution in [1.82, 2.24) is 15.1 Å². The molecule has 1 aromatic rings. The number of carbonyl (C=O) groups excluding carboxylic acids is 2. The molecule has 1 unspecified atom stereocenters. The molecule has 0 spiro atoms. The number of piperidine rings is 2. The third-order valence-electron chi connectivity index (χ3n) is 7.31. The van der Waals surface area contributed by atoms with Gasteiger partial charge >= 0.3 is 6.03 Å². The molecule has 1 aliphatic carbocycles. The summed E-state index contributed by atoms with van der Waals surface area (Å²) in [5, 5.41) is 6.33. The molecule has 2 heterocycles. The van der Waals surface area contributed by atoms with Gasteiger partial charge in [-0.05, 0) is 69.7 Å². The molecular formula is C25H38N4O2. The smallest absolute Gasteiger partial charge is 0.321 e. The van der Waals surface area contributed by atoms with Crippen molar-refractivity contribution < 1.29 is 9.59 Å². The largest absolute Gasteiger partial charge is 0.352 e. The Bertz CT molecular complexity index is 754. The number of carbonyl (C=O) groups is 2. The first kappa shape index (κ1) is 22.1. The molecular weight excluding hydrogens is 388 g/mol. The van der Waals surface area contributed by atoms with Gasteiger partial charge in [-0.2, -0.15) is 0 Å². The Kier molecular flexibility index (Phi) is 7.49. The summed E-state index contributed by atoms with van der Waals surface area (Å²) >= 11 is 0. The quantitative estimate of drug-likeness (QED) is 0.760. The van der Waals surface area contributed by atoms with E-state index in [1.54, 1.807) is 0 Å². The summed E-state index contributed by atoms with van der Waals surface area (Å²) in [5.74, 6) is 0.210. The molecule has 170 valence electrons. The summed E-state index contributed by atoms with van der Waals surface area (Å²) in [4.78, 5) is 29.9. The van der Waals surface area contributed by atoms with Gasteiger partial charge in [0.15, 0.2) is 0 Å². The summed E-state index contributed by atoms with van der Waals surface area (Å²) in [7, 11) is 0. The van der Waals surface area contributed by atoms with Crippen molar-refractivity contribution in [1.29, 1.82) is 0 Å². The van der Waals surface area contributed by atoms with Crippen LogP contribution in [0.1, 0.15) is 63.4 Å². The standard InChI is InChI=1S/C25H38N4O2/c1-19-7-5-8-21(17-19)27-25(31)28-15-12-20(13-16-28)24(30)26-22-9-6-14-29(18-22)23-10-3-2-4-11-23/h5,7-8,17,20,22-23H,2-4,6,9-16,18H2,1H3,(H,26,30)(H,27,31). The van der Waals surface area contributed by atoms with Gasteiger partial charge < -0.3 is 15.5 Å². The van der Waals surface area contributed by atoms with Crippen molar-refractivity contribution in [3.05, 3.63) is 29.8 Å². The molecule has 3 aliphatic rings. The fraction of sp³-hybridized carbons (Fsp3) is 0.680. The number of benzene rings is 1. The number of rotatable bonds is 4. The molecule has 0 aromatic heterocycles. The lowest BCUT2D eigenvalue weighted by atomic mass is 9.91. The molecule has 0 radical (unpaired) electrons. The minimum absolute atomic E-state index is 0.0214. The van der Waals surface area contributed by atoms with Gasteiger partial charge in [-0.1, -0.05) is 31.4 Å². The molecule has 2 saturated heterocycles. The van der Waals surface area contributed by atoms with Gasteiger partial charge in [0.25, 0.3) is 0 Å². The maximum atomic E-state index is 12.9. The lowest BCUT2D eigenvalue weighted by molar-refractivity contribution is -0.127. The van der Waals surface area contributed by atoms with Crippen molar-refractivity contribution in [3.63, 3.8) is 0 Å². The summed E-state index contributed by atoms with van der Waals surface area (Å²) < 4.78 is 0. The second-order valence-electron chi connectivity index (χ2n) is 9.70. The van der Waals surface area contributed by atoms with E-state index in [1.807, 2.05) is 36.1 Å². The zero-order chi connectivity index (χ0) is 21.6. The number of amides is 3. The van der Waals surface area contributed by atoms with Crippen LogP contribution in [0.4, 0.5) is 10.5 Å². The SMILES string of the molecule is Cc1cccc(NC(=O)N2CCC(C(=O)NC3CCCN(C4CCCCC4)C3)CC2)c1. The Morgan fingerprint density at radius 3 is 2.45 bits per heavy atom. The Hall–Kier alpha value is -2.08. The second-order valence-corrected chi connectivity index (χ2v) is 9.70. The number of nitrogens with one attached hydrogen (secondary N) is 2. The van der Waals surface area contributed by atoms with Crippen molar-refractivity contribution in [2.75, 3.05) is 31.5 Å². The van der Waals surface area contributed by atoms with Gasteiger partial charge in [-0.3, -0.25) is 9.69 Å². The fourth-order valence-corrected chi connectivity index (χ4v) is 5.49. The molecule has 1 saturated carbocycles.